The number of nitrogens with one attached hydrogen (secondary N) is 2. The number of nitrogens with two attached hydrogens (primary N) is 1. The summed E-state index contributed by atoms with van der Waals surface area (Å²) in [5, 5.41) is 5.00. The molecule has 1 heterocycles. The zero-order chi connectivity index (χ0) is 16.7. The lowest BCUT2D eigenvalue weighted by Crippen LogP contribution is -2.44. The molecule has 0 aromatic heterocycles. The van der Waals surface area contributed by atoms with E-state index in [2.05, 4.69) is 27.7 Å². The van der Waals surface area contributed by atoms with E-state index < -0.39 is 6.03 Å². The highest BCUT2D eigenvalue weighted by atomic mass is 35.5. The van der Waals surface area contributed by atoms with Crippen LogP contribution in [0.5, 0.6) is 0 Å². The average Bonchev–Trinajstić information content (AvgIpc) is 2.96. The Balaban J connectivity index is 0.00000288. The average molecular weight is 355 g/mol. The fourth-order valence-electron chi connectivity index (χ4n) is 3.06. The fraction of sp³-hybridized carbons (Fsp3) is 0.529. The third kappa shape index (κ3) is 5.78. The van der Waals surface area contributed by atoms with Crippen LogP contribution in [0.15, 0.2) is 30.3 Å². The second-order valence-electron chi connectivity index (χ2n) is 6.01. The number of hydrogen-bond acceptors (Lipinski definition) is 4. The molecule has 0 radical (unpaired) electrons. The number of halogens is 1. The maximum absolute atomic E-state index is 12.0. The summed E-state index contributed by atoms with van der Waals surface area (Å²) in [6.45, 7) is 4.90. The van der Waals surface area contributed by atoms with Crippen molar-refractivity contribution in [3.63, 3.8) is 0 Å². The topological polar surface area (TPSA) is 87.5 Å². The number of urea groups is 1. The molecule has 1 aromatic carbocycles. The van der Waals surface area contributed by atoms with Crippen molar-refractivity contribution >= 4 is 24.3 Å². The van der Waals surface area contributed by atoms with Gasteiger partial charge >= 0.3 is 6.03 Å². The summed E-state index contributed by atoms with van der Waals surface area (Å²) >= 11 is 0. The zero-order valence-electron chi connectivity index (χ0n) is 14.0. The Labute approximate surface area is 149 Å². The van der Waals surface area contributed by atoms with Gasteiger partial charge in [-0.3, -0.25) is 15.0 Å². The number of rotatable bonds is 6. The smallest absolute Gasteiger partial charge is 0.321 e. The van der Waals surface area contributed by atoms with Crippen molar-refractivity contribution in [1.29, 1.82) is 0 Å². The molecule has 0 bridgehead atoms. The highest BCUT2D eigenvalue weighted by Crippen LogP contribution is 2.31. The summed E-state index contributed by atoms with van der Waals surface area (Å²) < 4.78 is 0. The van der Waals surface area contributed by atoms with Crippen LogP contribution < -0.4 is 16.4 Å². The fourth-order valence-corrected chi connectivity index (χ4v) is 3.06. The van der Waals surface area contributed by atoms with Crippen molar-refractivity contribution in [3.8, 4) is 0 Å². The van der Waals surface area contributed by atoms with E-state index in [1.807, 2.05) is 25.1 Å². The van der Waals surface area contributed by atoms with Gasteiger partial charge in [-0.15, -0.1) is 12.4 Å². The first-order chi connectivity index (χ1) is 11.1. The van der Waals surface area contributed by atoms with Gasteiger partial charge in [-0.1, -0.05) is 37.3 Å². The largest absolute Gasteiger partial charge is 0.338 e. The number of benzene rings is 1. The molecule has 7 heteroatoms. The zero-order valence-corrected chi connectivity index (χ0v) is 14.8. The minimum absolute atomic E-state index is 0. The molecule has 0 spiro atoms. The normalized spacial score (nSPS) is 20.2. The predicted molar refractivity (Wildman–Crippen MR) is 97.2 cm³/mol. The number of nitrogens with zero attached hydrogens (tertiary/aromatic N) is 1. The van der Waals surface area contributed by atoms with Crippen LogP contribution in [0.1, 0.15) is 24.8 Å². The molecule has 1 aliphatic rings. The molecule has 1 saturated heterocycles. The van der Waals surface area contributed by atoms with Crippen molar-refractivity contribution in [1.82, 2.24) is 15.5 Å². The summed E-state index contributed by atoms with van der Waals surface area (Å²) in [6.07, 6.45) is 0.838. The van der Waals surface area contributed by atoms with E-state index in [9.17, 15) is 9.59 Å². The molecule has 1 aromatic rings. The lowest BCUT2D eigenvalue weighted by atomic mass is 9.89. The summed E-state index contributed by atoms with van der Waals surface area (Å²) in [5.74, 6) is 0.394. The quantitative estimate of drug-likeness (QED) is 0.719. The summed E-state index contributed by atoms with van der Waals surface area (Å²) in [6, 6.07) is 9.83. The van der Waals surface area contributed by atoms with Gasteiger partial charge in [-0.25, -0.2) is 4.79 Å². The Hall–Kier alpha value is -1.63. The van der Waals surface area contributed by atoms with Gasteiger partial charge in [0, 0.05) is 25.6 Å². The molecule has 2 atom stereocenters. The van der Waals surface area contributed by atoms with Crippen LogP contribution in [0, 0.1) is 5.92 Å². The maximum atomic E-state index is 12.0. The van der Waals surface area contributed by atoms with Gasteiger partial charge in [0.05, 0.1) is 6.54 Å². The van der Waals surface area contributed by atoms with Crippen LogP contribution in [0.2, 0.25) is 0 Å². The number of amides is 3. The SMILES string of the molecule is CCCNC(=O)NC(=O)CN1C[C@@H](CN)[C@H](c2ccccc2)C1.Cl. The number of carbonyl (C=O) groups excluding carboxylic acids is 2. The molecule has 6 nitrogen and oxygen atoms in total. The van der Waals surface area contributed by atoms with Gasteiger partial charge in [0.25, 0.3) is 0 Å². The number of imide groups is 1. The summed E-state index contributed by atoms with van der Waals surface area (Å²) in [5.41, 5.74) is 7.15. The molecule has 0 saturated carbocycles. The molecule has 0 unspecified atom stereocenters. The monoisotopic (exact) mass is 354 g/mol. The van der Waals surface area contributed by atoms with Crippen molar-refractivity contribution in [3.05, 3.63) is 35.9 Å². The summed E-state index contributed by atoms with van der Waals surface area (Å²) in [4.78, 5) is 25.5. The van der Waals surface area contributed by atoms with E-state index in [0.29, 0.717) is 24.9 Å². The van der Waals surface area contributed by atoms with Gasteiger partial charge in [-0.2, -0.15) is 0 Å². The van der Waals surface area contributed by atoms with Crippen LogP contribution >= 0.6 is 12.4 Å². The van der Waals surface area contributed by atoms with Gasteiger partial charge < -0.3 is 11.1 Å². The lowest BCUT2D eigenvalue weighted by molar-refractivity contribution is -0.120. The van der Waals surface area contributed by atoms with E-state index in [1.54, 1.807) is 0 Å². The molecule has 1 fully saturated rings. The standard InChI is InChI=1S/C17H26N4O2.ClH/c1-2-8-19-17(23)20-16(22)12-21-10-14(9-18)15(11-21)13-6-4-3-5-7-13;/h3-7,14-15H,2,8-12,18H2,1H3,(H2,19,20,22,23);1H/t14-,15+;/m1./s1. The molecule has 24 heavy (non-hydrogen) atoms. The molecule has 3 amide bonds. The Bertz CT molecular complexity index is 527. The van der Waals surface area contributed by atoms with Crippen LogP contribution in [0.3, 0.4) is 0 Å². The van der Waals surface area contributed by atoms with Gasteiger partial charge in [-0.05, 0) is 24.4 Å². The molecule has 2 rings (SSSR count). The molecule has 4 N–H and O–H groups in total. The first-order valence-electron chi connectivity index (χ1n) is 8.19. The lowest BCUT2D eigenvalue weighted by Gasteiger charge is -2.16. The van der Waals surface area contributed by atoms with Crippen LogP contribution in [0.4, 0.5) is 4.79 Å². The molecule has 134 valence electrons. The first-order valence-corrected chi connectivity index (χ1v) is 8.19. The minimum Gasteiger partial charge on any atom is -0.338 e. The maximum Gasteiger partial charge on any atom is 0.321 e. The van der Waals surface area contributed by atoms with Crippen molar-refractivity contribution in [2.75, 3.05) is 32.7 Å². The highest BCUT2D eigenvalue weighted by molar-refractivity contribution is 5.95. The van der Waals surface area contributed by atoms with Crippen LogP contribution in [-0.2, 0) is 4.79 Å². The van der Waals surface area contributed by atoms with Gasteiger partial charge in [0.15, 0.2) is 0 Å². The third-order valence-corrected chi connectivity index (χ3v) is 4.20. The summed E-state index contributed by atoms with van der Waals surface area (Å²) in [7, 11) is 0. The van der Waals surface area contributed by atoms with Gasteiger partial charge in [0.1, 0.15) is 0 Å². The number of hydrogen-bond donors (Lipinski definition) is 3. The molecular formula is C17H27ClN4O2. The van der Waals surface area contributed by atoms with Crippen molar-refractivity contribution in [2.45, 2.75) is 19.3 Å². The van der Waals surface area contributed by atoms with Crippen molar-refractivity contribution < 1.29 is 9.59 Å². The van der Waals surface area contributed by atoms with Gasteiger partial charge in [0.2, 0.25) is 5.91 Å². The second kappa shape index (κ2) is 10.3. The minimum atomic E-state index is -0.425. The van der Waals surface area contributed by atoms with E-state index in [-0.39, 0.29) is 24.9 Å². The predicted octanol–water partition coefficient (Wildman–Crippen LogP) is 1.32. The van der Waals surface area contributed by atoms with Crippen LogP contribution in [0.25, 0.3) is 0 Å². The first kappa shape index (κ1) is 20.4. The van der Waals surface area contributed by atoms with E-state index in [1.165, 1.54) is 5.56 Å². The van der Waals surface area contributed by atoms with E-state index in [4.69, 9.17) is 5.73 Å². The number of likely N-dealkylation sites (tertiary alicyclic amines) is 1. The van der Waals surface area contributed by atoms with Crippen molar-refractivity contribution in [2.24, 2.45) is 11.7 Å². The molecule has 1 aliphatic heterocycles. The Morgan fingerprint density at radius 3 is 2.58 bits per heavy atom. The van der Waals surface area contributed by atoms with E-state index >= 15 is 0 Å². The van der Waals surface area contributed by atoms with E-state index in [0.717, 1.165) is 19.5 Å². The molecular weight excluding hydrogens is 328 g/mol. The highest BCUT2D eigenvalue weighted by Gasteiger charge is 2.33. The Morgan fingerprint density at radius 1 is 1.25 bits per heavy atom. The van der Waals surface area contributed by atoms with Crippen LogP contribution in [-0.4, -0.2) is 49.6 Å². The second-order valence-corrected chi connectivity index (χ2v) is 6.01. The Morgan fingerprint density at radius 2 is 1.96 bits per heavy atom. The number of carbonyl (C=O) groups is 2. The Kier molecular flexibility index (Phi) is 8.74. The molecule has 0 aliphatic carbocycles. The third-order valence-electron chi connectivity index (χ3n) is 4.20.